The lowest BCUT2D eigenvalue weighted by Gasteiger charge is -2.25. The monoisotopic (exact) mass is 435 g/mol. The Kier molecular flexibility index (Phi) is 6.62. The third-order valence-electron chi connectivity index (χ3n) is 5.36. The number of nitrogens with zero attached hydrogens (tertiary/aromatic N) is 2. The zero-order chi connectivity index (χ0) is 21.6. The van der Waals surface area contributed by atoms with Gasteiger partial charge in [-0.1, -0.05) is 18.2 Å². The van der Waals surface area contributed by atoms with E-state index in [1.165, 1.54) is 26.4 Å². The molecular weight excluding hydrogens is 410 g/mol. The van der Waals surface area contributed by atoms with Crippen molar-refractivity contribution in [1.29, 1.82) is 0 Å². The summed E-state index contributed by atoms with van der Waals surface area (Å²) in [5.41, 5.74) is 3.59. The highest BCUT2D eigenvalue weighted by Crippen LogP contribution is 2.26. The number of rotatable bonds is 6. The molecular formula is C24H25N3O3S. The molecule has 0 radical (unpaired) electrons. The van der Waals surface area contributed by atoms with Crippen LogP contribution in [0.5, 0.6) is 0 Å². The number of hydrogen-bond donors (Lipinski definition) is 1. The van der Waals surface area contributed by atoms with Crippen LogP contribution in [0.3, 0.4) is 0 Å². The molecule has 0 spiro atoms. The molecule has 1 amide bonds. The fourth-order valence-electron chi connectivity index (χ4n) is 3.70. The molecule has 31 heavy (non-hydrogen) atoms. The zero-order valence-corrected chi connectivity index (χ0v) is 18.3. The highest BCUT2D eigenvalue weighted by Gasteiger charge is 2.17. The number of anilines is 2. The molecule has 1 aliphatic rings. The molecule has 3 aromatic rings. The molecule has 2 aromatic carbocycles. The lowest BCUT2D eigenvalue weighted by molar-refractivity contribution is 0.0600. The summed E-state index contributed by atoms with van der Waals surface area (Å²) in [6.07, 6.45) is 4.34. The molecule has 7 heteroatoms. The van der Waals surface area contributed by atoms with E-state index < -0.39 is 5.97 Å². The lowest BCUT2D eigenvalue weighted by atomic mass is 10.0. The number of carbonyl (C=O) groups excluding carboxylic acids is 2. The first-order valence-corrected chi connectivity index (χ1v) is 11.3. The molecule has 0 saturated carbocycles. The van der Waals surface area contributed by atoms with Gasteiger partial charge in [0.15, 0.2) is 5.13 Å². The number of aromatic nitrogens is 1. The molecule has 160 valence electrons. The van der Waals surface area contributed by atoms with Gasteiger partial charge in [0.05, 0.1) is 18.4 Å². The van der Waals surface area contributed by atoms with Crippen LogP contribution in [0, 0.1) is 0 Å². The maximum Gasteiger partial charge on any atom is 0.337 e. The van der Waals surface area contributed by atoms with Crippen LogP contribution in [0.2, 0.25) is 0 Å². The van der Waals surface area contributed by atoms with Crippen molar-refractivity contribution in [2.24, 2.45) is 0 Å². The number of esters is 1. The SMILES string of the molecule is COC(=O)c1ccc(NC(=O)c2ccccc2Cc2csc(N3CCCCC3)n2)cc1. The smallest absolute Gasteiger partial charge is 0.337 e. The first-order chi connectivity index (χ1) is 15.1. The first kappa shape index (κ1) is 21.1. The van der Waals surface area contributed by atoms with Gasteiger partial charge in [0.25, 0.3) is 5.91 Å². The van der Waals surface area contributed by atoms with E-state index in [9.17, 15) is 9.59 Å². The van der Waals surface area contributed by atoms with Crippen LogP contribution in [0.1, 0.15) is 51.2 Å². The minimum absolute atomic E-state index is 0.187. The molecule has 0 atom stereocenters. The second-order valence-corrected chi connectivity index (χ2v) is 8.36. The van der Waals surface area contributed by atoms with E-state index in [0.717, 1.165) is 29.5 Å². The number of methoxy groups -OCH3 is 1. The van der Waals surface area contributed by atoms with Gasteiger partial charge in [0.1, 0.15) is 0 Å². The number of amides is 1. The molecule has 1 aromatic heterocycles. The van der Waals surface area contributed by atoms with Crippen LogP contribution in [0.15, 0.2) is 53.9 Å². The molecule has 1 fully saturated rings. The predicted molar refractivity (Wildman–Crippen MR) is 123 cm³/mol. The maximum absolute atomic E-state index is 12.9. The maximum atomic E-state index is 12.9. The third-order valence-corrected chi connectivity index (χ3v) is 6.31. The van der Waals surface area contributed by atoms with Gasteiger partial charge >= 0.3 is 5.97 Å². The average Bonchev–Trinajstić information content (AvgIpc) is 3.28. The van der Waals surface area contributed by atoms with Gasteiger partial charge in [-0.2, -0.15) is 0 Å². The number of hydrogen-bond acceptors (Lipinski definition) is 6. The van der Waals surface area contributed by atoms with Crippen molar-refractivity contribution in [2.75, 3.05) is 30.4 Å². The van der Waals surface area contributed by atoms with Crippen molar-refractivity contribution in [1.82, 2.24) is 4.98 Å². The van der Waals surface area contributed by atoms with Crippen molar-refractivity contribution in [3.8, 4) is 0 Å². The molecule has 1 N–H and O–H groups in total. The number of benzene rings is 2. The standard InChI is InChI=1S/C24H25N3O3S/c1-30-23(29)17-9-11-19(12-10-17)25-22(28)21-8-4-3-7-18(21)15-20-16-31-24(26-20)27-13-5-2-6-14-27/h3-4,7-12,16H,2,5-6,13-15H2,1H3,(H,25,28). The van der Waals surface area contributed by atoms with Crippen LogP contribution in [0.4, 0.5) is 10.8 Å². The topological polar surface area (TPSA) is 71.5 Å². The van der Waals surface area contributed by atoms with E-state index in [4.69, 9.17) is 9.72 Å². The van der Waals surface area contributed by atoms with Crippen molar-refractivity contribution < 1.29 is 14.3 Å². The summed E-state index contributed by atoms with van der Waals surface area (Å²) in [4.78, 5) is 31.7. The Hall–Kier alpha value is -3.19. The predicted octanol–water partition coefficient (Wildman–Crippen LogP) is 4.76. The molecule has 0 aliphatic carbocycles. The second-order valence-electron chi connectivity index (χ2n) is 7.53. The number of carbonyl (C=O) groups is 2. The van der Waals surface area contributed by atoms with E-state index in [-0.39, 0.29) is 5.91 Å². The summed E-state index contributed by atoms with van der Waals surface area (Å²) in [6, 6.07) is 14.2. The van der Waals surface area contributed by atoms with Crippen molar-refractivity contribution in [2.45, 2.75) is 25.7 Å². The molecule has 1 saturated heterocycles. The normalized spacial score (nSPS) is 13.6. The van der Waals surface area contributed by atoms with E-state index in [1.54, 1.807) is 35.6 Å². The molecule has 2 heterocycles. The molecule has 6 nitrogen and oxygen atoms in total. The fourth-order valence-corrected chi connectivity index (χ4v) is 4.58. The number of piperidine rings is 1. The minimum Gasteiger partial charge on any atom is -0.465 e. The van der Waals surface area contributed by atoms with E-state index in [0.29, 0.717) is 23.2 Å². The Morgan fingerprint density at radius 2 is 1.81 bits per heavy atom. The highest BCUT2D eigenvalue weighted by molar-refractivity contribution is 7.13. The van der Waals surface area contributed by atoms with Crippen molar-refractivity contribution in [3.05, 3.63) is 76.3 Å². The van der Waals surface area contributed by atoms with E-state index in [1.807, 2.05) is 24.3 Å². The lowest BCUT2D eigenvalue weighted by Crippen LogP contribution is -2.29. The summed E-state index contributed by atoms with van der Waals surface area (Å²) in [5.74, 6) is -0.594. The summed E-state index contributed by atoms with van der Waals surface area (Å²) in [7, 11) is 1.34. The quantitative estimate of drug-likeness (QED) is 0.565. The largest absolute Gasteiger partial charge is 0.465 e. The van der Waals surface area contributed by atoms with Crippen molar-refractivity contribution in [3.63, 3.8) is 0 Å². The van der Waals surface area contributed by atoms with Crippen molar-refractivity contribution >= 4 is 34.0 Å². The summed E-state index contributed by atoms with van der Waals surface area (Å²) >= 11 is 1.67. The van der Waals surface area contributed by atoms with Crippen LogP contribution in [-0.2, 0) is 11.2 Å². The number of ether oxygens (including phenoxy) is 1. The van der Waals surface area contributed by atoms with Crippen LogP contribution in [0.25, 0.3) is 0 Å². The molecule has 0 bridgehead atoms. The first-order valence-electron chi connectivity index (χ1n) is 10.4. The van der Waals surface area contributed by atoms with Gasteiger partial charge in [-0.3, -0.25) is 4.79 Å². The Morgan fingerprint density at radius 3 is 2.55 bits per heavy atom. The van der Waals surface area contributed by atoms with Crippen LogP contribution in [-0.4, -0.2) is 37.1 Å². The second kappa shape index (κ2) is 9.75. The Labute approximate surface area is 185 Å². The highest BCUT2D eigenvalue weighted by atomic mass is 32.1. The van der Waals surface area contributed by atoms with E-state index >= 15 is 0 Å². The Morgan fingerprint density at radius 1 is 1.06 bits per heavy atom. The number of nitrogens with one attached hydrogen (secondary N) is 1. The molecule has 4 rings (SSSR count). The molecule has 0 unspecified atom stereocenters. The van der Waals surface area contributed by atoms with Gasteiger partial charge < -0.3 is 15.0 Å². The Bertz CT molecular complexity index is 1060. The van der Waals surface area contributed by atoms with E-state index in [2.05, 4.69) is 15.6 Å². The summed E-state index contributed by atoms with van der Waals surface area (Å²) in [5, 5.41) is 6.07. The third kappa shape index (κ3) is 5.11. The van der Waals surface area contributed by atoms with Gasteiger partial charge in [0, 0.05) is 36.1 Å². The van der Waals surface area contributed by atoms with Gasteiger partial charge in [-0.05, 0) is 55.2 Å². The van der Waals surface area contributed by atoms with Gasteiger partial charge in [-0.25, -0.2) is 9.78 Å². The minimum atomic E-state index is -0.407. The summed E-state index contributed by atoms with van der Waals surface area (Å²) in [6.45, 7) is 2.14. The van der Waals surface area contributed by atoms with Gasteiger partial charge in [-0.15, -0.1) is 11.3 Å². The number of thiazole rings is 1. The molecule has 1 aliphatic heterocycles. The fraction of sp³-hybridized carbons (Fsp3) is 0.292. The van der Waals surface area contributed by atoms with Crippen LogP contribution >= 0.6 is 11.3 Å². The summed E-state index contributed by atoms with van der Waals surface area (Å²) < 4.78 is 4.70. The van der Waals surface area contributed by atoms with Gasteiger partial charge in [0.2, 0.25) is 0 Å². The average molecular weight is 436 g/mol. The Balaban J connectivity index is 1.46. The zero-order valence-electron chi connectivity index (χ0n) is 17.5. The van der Waals surface area contributed by atoms with Crippen LogP contribution < -0.4 is 10.2 Å².